The van der Waals surface area contributed by atoms with Crippen molar-refractivity contribution in [3.63, 3.8) is 0 Å². The van der Waals surface area contributed by atoms with Crippen LogP contribution < -0.4 is 20.7 Å². The Kier molecular flexibility index (Phi) is 3.40. The van der Waals surface area contributed by atoms with Gasteiger partial charge in [-0.25, -0.2) is 0 Å². The van der Waals surface area contributed by atoms with Crippen molar-refractivity contribution in [3.05, 3.63) is 12.1 Å². The van der Waals surface area contributed by atoms with Crippen LogP contribution in [0.1, 0.15) is 12.8 Å². The Morgan fingerprint density at radius 3 is 2.85 bits per heavy atom. The van der Waals surface area contributed by atoms with Crippen LogP contribution in [0.2, 0.25) is 0 Å². The molecule has 2 aliphatic rings. The standard InChI is InChI=1S/C14H19N3O3/c1-17(9-2-4-19-5-3-9)12-7-11-13(6-10(12)15)20-8-14(18)16-11/h6-7,9H,2-5,8,15H2,1H3,(H,16,18). The first-order valence-electron chi connectivity index (χ1n) is 6.82. The zero-order valence-corrected chi connectivity index (χ0v) is 11.5. The molecule has 0 aliphatic carbocycles. The Balaban J connectivity index is 1.88. The van der Waals surface area contributed by atoms with Gasteiger partial charge in [0.2, 0.25) is 0 Å². The number of anilines is 3. The minimum Gasteiger partial charge on any atom is -0.482 e. The van der Waals surface area contributed by atoms with E-state index in [1.807, 2.05) is 13.1 Å². The number of benzene rings is 1. The highest BCUT2D eigenvalue weighted by Crippen LogP contribution is 2.37. The topological polar surface area (TPSA) is 76.8 Å². The fourth-order valence-corrected chi connectivity index (χ4v) is 2.71. The number of nitrogen functional groups attached to an aromatic ring is 1. The number of carbonyl (C=O) groups excluding carboxylic acids is 1. The predicted molar refractivity (Wildman–Crippen MR) is 77.2 cm³/mol. The van der Waals surface area contributed by atoms with Crippen LogP contribution in [0.5, 0.6) is 5.75 Å². The van der Waals surface area contributed by atoms with Crippen LogP contribution in [0.15, 0.2) is 12.1 Å². The summed E-state index contributed by atoms with van der Waals surface area (Å²) in [6.07, 6.45) is 1.96. The lowest BCUT2D eigenvalue weighted by Gasteiger charge is -2.34. The van der Waals surface area contributed by atoms with Crippen LogP contribution >= 0.6 is 0 Å². The van der Waals surface area contributed by atoms with Gasteiger partial charge in [-0.3, -0.25) is 4.79 Å². The summed E-state index contributed by atoms with van der Waals surface area (Å²) in [5.41, 5.74) is 8.38. The summed E-state index contributed by atoms with van der Waals surface area (Å²) in [6.45, 7) is 1.60. The number of amides is 1. The molecule has 0 unspecified atom stereocenters. The molecule has 0 atom stereocenters. The van der Waals surface area contributed by atoms with Crippen LogP contribution in [0.25, 0.3) is 0 Å². The number of rotatable bonds is 2. The normalized spacial score (nSPS) is 18.9. The molecule has 0 spiro atoms. The largest absolute Gasteiger partial charge is 0.482 e. The van der Waals surface area contributed by atoms with E-state index >= 15 is 0 Å². The van der Waals surface area contributed by atoms with Crippen LogP contribution in [-0.2, 0) is 9.53 Å². The van der Waals surface area contributed by atoms with Gasteiger partial charge in [-0.1, -0.05) is 0 Å². The minimum absolute atomic E-state index is 0.0432. The lowest BCUT2D eigenvalue weighted by Crippen LogP contribution is -2.37. The van der Waals surface area contributed by atoms with Crippen molar-refractivity contribution in [2.75, 3.05) is 42.8 Å². The van der Waals surface area contributed by atoms with Gasteiger partial charge in [-0.15, -0.1) is 0 Å². The average molecular weight is 277 g/mol. The van der Waals surface area contributed by atoms with E-state index in [-0.39, 0.29) is 12.5 Å². The Morgan fingerprint density at radius 2 is 2.10 bits per heavy atom. The first-order chi connectivity index (χ1) is 9.65. The molecule has 0 bridgehead atoms. The van der Waals surface area contributed by atoms with Gasteiger partial charge in [-0.05, 0) is 18.9 Å². The second kappa shape index (κ2) is 5.20. The van der Waals surface area contributed by atoms with Crippen LogP contribution in [0.4, 0.5) is 17.1 Å². The van der Waals surface area contributed by atoms with E-state index in [0.29, 0.717) is 23.2 Å². The van der Waals surface area contributed by atoms with Gasteiger partial charge in [0.05, 0.1) is 17.1 Å². The number of ether oxygens (including phenoxy) is 2. The van der Waals surface area contributed by atoms with E-state index in [2.05, 4.69) is 10.2 Å². The third-order valence-electron chi connectivity index (χ3n) is 3.88. The summed E-state index contributed by atoms with van der Waals surface area (Å²) in [6, 6.07) is 4.07. The van der Waals surface area contributed by atoms with Crippen LogP contribution in [0, 0.1) is 0 Å². The fourth-order valence-electron chi connectivity index (χ4n) is 2.71. The van der Waals surface area contributed by atoms with E-state index in [1.54, 1.807) is 6.07 Å². The van der Waals surface area contributed by atoms with Gasteiger partial charge in [0.25, 0.3) is 5.91 Å². The van der Waals surface area contributed by atoms with Crippen molar-refractivity contribution in [1.82, 2.24) is 0 Å². The SMILES string of the molecule is CN(c1cc2c(cc1N)OCC(=O)N2)C1CCOCC1. The molecule has 3 rings (SSSR count). The maximum absolute atomic E-state index is 11.4. The molecule has 1 fully saturated rings. The van der Waals surface area contributed by atoms with Crippen molar-refractivity contribution in [2.24, 2.45) is 0 Å². The molecule has 108 valence electrons. The van der Waals surface area contributed by atoms with Gasteiger partial charge < -0.3 is 25.4 Å². The number of hydrogen-bond donors (Lipinski definition) is 2. The fraction of sp³-hybridized carbons (Fsp3) is 0.500. The molecule has 0 radical (unpaired) electrons. The van der Waals surface area contributed by atoms with Crippen LogP contribution in [-0.4, -0.2) is 38.8 Å². The molecular weight excluding hydrogens is 258 g/mol. The maximum atomic E-state index is 11.4. The zero-order chi connectivity index (χ0) is 14.1. The lowest BCUT2D eigenvalue weighted by molar-refractivity contribution is -0.118. The van der Waals surface area contributed by atoms with Gasteiger partial charge in [0.1, 0.15) is 5.75 Å². The molecule has 1 aromatic rings. The molecule has 0 aromatic heterocycles. The molecule has 1 aromatic carbocycles. The van der Waals surface area contributed by atoms with Crippen molar-refractivity contribution in [3.8, 4) is 5.75 Å². The van der Waals surface area contributed by atoms with E-state index in [4.69, 9.17) is 15.2 Å². The zero-order valence-electron chi connectivity index (χ0n) is 11.5. The second-order valence-corrected chi connectivity index (χ2v) is 5.20. The van der Waals surface area contributed by atoms with E-state index < -0.39 is 0 Å². The maximum Gasteiger partial charge on any atom is 0.262 e. The number of fused-ring (bicyclic) bond motifs is 1. The molecule has 1 saturated heterocycles. The summed E-state index contributed by atoms with van der Waals surface area (Å²) in [5.74, 6) is 0.494. The second-order valence-electron chi connectivity index (χ2n) is 5.20. The van der Waals surface area contributed by atoms with Crippen molar-refractivity contribution in [2.45, 2.75) is 18.9 Å². The Labute approximate surface area is 117 Å². The number of carbonyl (C=O) groups is 1. The minimum atomic E-state index is -0.137. The monoisotopic (exact) mass is 277 g/mol. The molecule has 3 N–H and O–H groups in total. The third kappa shape index (κ3) is 2.38. The molecule has 2 aliphatic heterocycles. The molecule has 6 heteroatoms. The van der Waals surface area contributed by atoms with E-state index in [9.17, 15) is 4.79 Å². The molecule has 6 nitrogen and oxygen atoms in total. The van der Waals surface area contributed by atoms with E-state index in [0.717, 1.165) is 31.7 Å². The summed E-state index contributed by atoms with van der Waals surface area (Å²) >= 11 is 0. The number of nitrogens with two attached hydrogens (primary N) is 1. The highest BCUT2D eigenvalue weighted by molar-refractivity contribution is 5.97. The number of nitrogens with zero attached hydrogens (tertiary/aromatic N) is 1. The quantitative estimate of drug-likeness (QED) is 0.795. The average Bonchev–Trinajstić information content (AvgIpc) is 2.47. The molecule has 0 saturated carbocycles. The Bertz CT molecular complexity index is 527. The smallest absolute Gasteiger partial charge is 0.262 e. The lowest BCUT2D eigenvalue weighted by atomic mass is 10.1. The summed E-state index contributed by atoms with van der Waals surface area (Å²) in [5, 5.41) is 2.81. The summed E-state index contributed by atoms with van der Waals surface area (Å²) in [7, 11) is 2.03. The highest BCUT2D eigenvalue weighted by atomic mass is 16.5. The Hall–Kier alpha value is -1.95. The molecule has 20 heavy (non-hydrogen) atoms. The molecule has 1 amide bonds. The molecule has 2 heterocycles. The van der Waals surface area contributed by atoms with Gasteiger partial charge >= 0.3 is 0 Å². The van der Waals surface area contributed by atoms with Crippen molar-refractivity contribution < 1.29 is 14.3 Å². The summed E-state index contributed by atoms with van der Waals surface area (Å²) in [4.78, 5) is 13.6. The molecular formula is C14H19N3O3. The van der Waals surface area contributed by atoms with Gasteiger partial charge in [0, 0.05) is 32.4 Å². The van der Waals surface area contributed by atoms with Gasteiger partial charge in [0.15, 0.2) is 6.61 Å². The Morgan fingerprint density at radius 1 is 1.35 bits per heavy atom. The predicted octanol–water partition coefficient (Wildman–Crippen LogP) is 1.21. The number of nitrogens with one attached hydrogen (secondary N) is 1. The van der Waals surface area contributed by atoms with Crippen molar-refractivity contribution >= 4 is 23.0 Å². The highest BCUT2D eigenvalue weighted by Gasteiger charge is 2.23. The van der Waals surface area contributed by atoms with Crippen molar-refractivity contribution in [1.29, 1.82) is 0 Å². The third-order valence-corrected chi connectivity index (χ3v) is 3.88. The van der Waals surface area contributed by atoms with Crippen LogP contribution in [0.3, 0.4) is 0 Å². The summed E-state index contributed by atoms with van der Waals surface area (Å²) < 4.78 is 10.8. The number of hydrogen-bond acceptors (Lipinski definition) is 5. The van der Waals surface area contributed by atoms with Gasteiger partial charge in [-0.2, -0.15) is 0 Å². The first-order valence-corrected chi connectivity index (χ1v) is 6.82. The first kappa shape index (κ1) is 13.1. The van der Waals surface area contributed by atoms with E-state index in [1.165, 1.54) is 0 Å².